The van der Waals surface area contributed by atoms with E-state index in [1.807, 2.05) is 30.3 Å². The van der Waals surface area contributed by atoms with Crippen molar-refractivity contribution in [3.8, 4) is 0 Å². The van der Waals surface area contributed by atoms with Crippen molar-refractivity contribution in [3.63, 3.8) is 0 Å². The first-order valence-corrected chi connectivity index (χ1v) is 5.96. The van der Waals surface area contributed by atoms with Crippen molar-refractivity contribution >= 4 is 34.1 Å². The Morgan fingerprint density at radius 2 is 2.24 bits per heavy atom. The van der Waals surface area contributed by atoms with Crippen molar-refractivity contribution in [2.45, 2.75) is 6.92 Å². The molecule has 0 saturated heterocycles. The number of anilines is 1. The zero-order valence-electron chi connectivity index (χ0n) is 9.48. The molecule has 3 nitrogen and oxygen atoms in total. The van der Waals surface area contributed by atoms with E-state index in [4.69, 9.17) is 11.6 Å². The predicted molar refractivity (Wildman–Crippen MR) is 70.3 cm³/mol. The lowest BCUT2D eigenvalue weighted by molar-refractivity contribution is -0.118. The Balaban J connectivity index is 2.22. The number of rotatable bonds is 3. The number of fused-ring (bicyclic) bond motifs is 1. The summed E-state index contributed by atoms with van der Waals surface area (Å²) in [6, 6.07) is 9.67. The van der Waals surface area contributed by atoms with Crippen LogP contribution in [0.15, 0.2) is 36.5 Å². The average Bonchev–Trinajstić information content (AvgIpc) is 2.37. The molecule has 17 heavy (non-hydrogen) atoms. The number of carbonyl (C=O) groups excluding carboxylic acids is 1. The van der Waals surface area contributed by atoms with Crippen LogP contribution in [0.1, 0.15) is 6.92 Å². The van der Waals surface area contributed by atoms with Crippen LogP contribution in [-0.4, -0.2) is 16.8 Å². The summed E-state index contributed by atoms with van der Waals surface area (Å²) in [4.78, 5) is 15.9. The topological polar surface area (TPSA) is 42.0 Å². The Bertz CT molecular complexity index is 542. The van der Waals surface area contributed by atoms with Crippen LogP contribution in [0.2, 0.25) is 0 Å². The minimum atomic E-state index is -0.205. The maximum Gasteiger partial charge on any atom is 0.228 e. The second-order valence-corrected chi connectivity index (χ2v) is 4.27. The summed E-state index contributed by atoms with van der Waals surface area (Å²) in [7, 11) is 0. The largest absolute Gasteiger partial charge is 0.324 e. The van der Waals surface area contributed by atoms with Crippen molar-refractivity contribution < 1.29 is 4.79 Å². The van der Waals surface area contributed by atoms with Crippen LogP contribution in [0.3, 0.4) is 0 Å². The molecule has 1 heterocycles. The summed E-state index contributed by atoms with van der Waals surface area (Å²) in [6.07, 6.45) is 1.65. The molecule has 1 atom stereocenters. The molecule has 2 aromatic rings. The number of para-hydroxylation sites is 1. The van der Waals surface area contributed by atoms with Crippen molar-refractivity contribution in [3.05, 3.63) is 36.5 Å². The predicted octanol–water partition coefficient (Wildman–Crippen LogP) is 3.05. The molecular formula is C13H13ClN2O. The SMILES string of the molecule is CC(CCl)C(=O)Nc1cnc2ccccc2c1. The molecule has 0 aliphatic carbocycles. The van der Waals surface area contributed by atoms with Crippen LogP contribution in [-0.2, 0) is 4.79 Å². The van der Waals surface area contributed by atoms with Crippen molar-refractivity contribution in [2.75, 3.05) is 11.2 Å². The zero-order valence-corrected chi connectivity index (χ0v) is 10.2. The van der Waals surface area contributed by atoms with Gasteiger partial charge in [0, 0.05) is 17.2 Å². The van der Waals surface area contributed by atoms with Gasteiger partial charge in [-0.25, -0.2) is 0 Å². The number of hydrogen-bond acceptors (Lipinski definition) is 2. The Kier molecular flexibility index (Phi) is 3.59. The fraction of sp³-hybridized carbons (Fsp3) is 0.231. The third-order valence-electron chi connectivity index (χ3n) is 2.54. The van der Waals surface area contributed by atoms with Crippen LogP contribution in [0.25, 0.3) is 10.9 Å². The first kappa shape index (κ1) is 11.9. The average molecular weight is 249 g/mol. The van der Waals surface area contributed by atoms with E-state index in [2.05, 4.69) is 10.3 Å². The zero-order chi connectivity index (χ0) is 12.3. The van der Waals surface area contributed by atoms with E-state index in [0.29, 0.717) is 11.6 Å². The number of nitrogens with one attached hydrogen (secondary N) is 1. The normalized spacial score (nSPS) is 12.4. The summed E-state index contributed by atoms with van der Waals surface area (Å²) < 4.78 is 0. The van der Waals surface area contributed by atoms with Gasteiger partial charge in [0.05, 0.1) is 17.4 Å². The van der Waals surface area contributed by atoms with Gasteiger partial charge in [-0.15, -0.1) is 11.6 Å². The molecule has 1 amide bonds. The second kappa shape index (κ2) is 5.15. The van der Waals surface area contributed by atoms with E-state index < -0.39 is 0 Å². The first-order chi connectivity index (χ1) is 8.20. The van der Waals surface area contributed by atoms with Gasteiger partial charge >= 0.3 is 0 Å². The molecule has 88 valence electrons. The Morgan fingerprint density at radius 3 is 3.00 bits per heavy atom. The van der Waals surface area contributed by atoms with Crippen LogP contribution in [0, 0.1) is 5.92 Å². The number of carbonyl (C=O) groups is 1. The number of amides is 1. The Hall–Kier alpha value is -1.61. The number of pyridine rings is 1. The number of benzene rings is 1. The summed E-state index contributed by atoms with van der Waals surface area (Å²) >= 11 is 5.63. The third kappa shape index (κ3) is 2.74. The third-order valence-corrected chi connectivity index (χ3v) is 3.00. The van der Waals surface area contributed by atoms with E-state index in [-0.39, 0.29) is 11.8 Å². The highest BCUT2D eigenvalue weighted by Crippen LogP contribution is 2.16. The van der Waals surface area contributed by atoms with Gasteiger partial charge in [-0.05, 0) is 12.1 Å². The lowest BCUT2D eigenvalue weighted by atomic mass is 10.2. The molecule has 1 aromatic carbocycles. The second-order valence-electron chi connectivity index (χ2n) is 3.96. The molecule has 0 radical (unpaired) electrons. The Labute approximate surface area is 105 Å². The lowest BCUT2D eigenvalue weighted by Gasteiger charge is -2.09. The monoisotopic (exact) mass is 248 g/mol. The molecule has 0 fully saturated rings. The van der Waals surface area contributed by atoms with Gasteiger partial charge in [-0.3, -0.25) is 9.78 Å². The fourth-order valence-electron chi connectivity index (χ4n) is 1.47. The minimum absolute atomic E-state index is 0.0860. The molecular weight excluding hydrogens is 236 g/mol. The molecule has 0 saturated carbocycles. The molecule has 0 spiro atoms. The molecule has 1 unspecified atom stereocenters. The minimum Gasteiger partial charge on any atom is -0.324 e. The van der Waals surface area contributed by atoms with Crippen LogP contribution in [0.5, 0.6) is 0 Å². The van der Waals surface area contributed by atoms with Gasteiger partial charge in [0.1, 0.15) is 0 Å². The van der Waals surface area contributed by atoms with Crippen LogP contribution >= 0.6 is 11.6 Å². The molecule has 0 aliphatic rings. The van der Waals surface area contributed by atoms with Crippen LogP contribution < -0.4 is 5.32 Å². The maximum atomic E-state index is 11.7. The molecule has 0 bridgehead atoms. The fourth-order valence-corrected chi connectivity index (χ4v) is 1.62. The molecule has 0 aliphatic heterocycles. The van der Waals surface area contributed by atoms with Crippen molar-refractivity contribution in [1.29, 1.82) is 0 Å². The standard InChI is InChI=1S/C13H13ClN2O/c1-9(7-14)13(17)16-11-6-10-4-2-3-5-12(10)15-8-11/h2-6,8-9H,7H2,1H3,(H,16,17). The maximum absolute atomic E-state index is 11.7. The van der Waals surface area contributed by atoms with Crippen molar-refractivity contribution in [1.82, 2.24) is 4.98 Å². The Morgan fingerprint density at radius 1 is 1.47 bits per heavy atom. The van der Waals surface area contributed by atoms with Gasteiger partial charge in [-0.2, -0.15) is 0 Å². The first-order valence-electron chi connectivity index (χ1n) is 5.42. The molecule has 1 aromatic heterocycles. The highest BCUT2D eigenvalue weighted by Gasteiger charge is 2.11. The number of alkyl halides is 1. The molecule has 2 rings (SSSR count). The van der Waals surface area contributed by atoms with Gasteiger partial charge in [0.15, 0.2) is 0 Å². The van der Waals surface area contributed by atoms with E-state index in [0.717, 1.165) is 10.9 Å². The highest BCUT2D eigenvalue weighted by atomic mass is 35.5. The van der Waals surface area contributed by atoms with E-state index >= 15 is 0 Å². The van der Waals surface area contributed by atoms with Gasteiger partial charge in [0.2, 0.25) is 5.91 Å². The highest BCUT2D eigenvalue weighted by molar-refractivity contribution is 6.19. The summed E-state index contributed by atoms with van der Waals surface area (Å²) in [5.41, 5.74) is 1.61. The van der Waals surface area contributed by atoms with Crippen LogP contribution in [0.4, 0.5) is 5.69 Å². The lowest BCUT2D eigenvalue weighted by Crippen LogP contribution is -2.21. The molecule has 4 heteroatoms. The van der Waals surface area contributed by atoms with Gasteiger partial charge in [-0.1, -0.05) is 25.1 Å². The summed E-state index contributed by atoms with van der Waals surface area (Å²) in [5.74, 6) is 0.0209. The molecule has 1 N–H and O–H groups in total. The van der Waals surface area contributed by atoms with E-state index in [1.54, 1.807) is 13.1 Å². The van der Waals surface area contributed by atoms with E-state index in [1.165, 1.54) is 0 Å². The number of hydrogen-bond donors (Lipinski definition) is 1. The number of nitrogens with zero attached hydrogens (tertiary/aromatic N) is 1. The summed E-state index contributed by atoms with van der Waals surface area (Å²) in [5, 5.41) is 3.80. The number of halogens is 1. The number of aromatic nitrogens is 1. The van der Waals surface area contributed by atoms with Crippen molar-refractivity contribution in [2.24, 2.45) is 5.92 Å². The van der Waals surface area contributed by atoms with Gasteiger partial charge in [0.25, 0.3) is 0 Å². The quantitative estimate of drug-likeness (QED) is 0.849. The summed E-state index contributed by atoms with van der Waals surface area (Å²) in [6.45, 7) is 1.79. The smallest absolute Gasteiger partial charge is 0.228 e. The van der Waals surface area contributed by atoms with Gasteiger partial charge < -0.3 is 5.32 Å². The van der Waals surface area contributed by atoms with E-state index in [9.17, 15) is 4.79 Å².